The molecule has 2 fully saturated rings. The zero-order chi connectivity index (χ0) is 21.5. The standard InChI is InChI=1S/C23H23FN2O4/c1-3-26-20(27)17-18(21(26)28)23(22(29)30-4-2,15-8-6-5-7-9-15)25-19(17)14-10-12-16(24)13-11-14/h5-13,17-19,25H,3-4H2,1-2H3/t17-,18+,19+,23+/m0/s1. The Hall–Kier alpha value is -3.06. The minimum absolute atomic E-state index is 0.132. The fraction of sp³-hybridized carbons (Fsp3) is 0.348. The molecular weight excluding hydrogens is 387 g/mol. The van der Waals surface area contributed by atoms with Crippen LogP contribution in [0.1, 0.15) is 31.0 Å². The van der Waals surface area contributed by atoms with Crippen molar-refractivity contribution < 1.29 is 23.5 Å². The van der Waals surface area contributed by atoms with Crippen molar-refractivity contribution in [2.45, 2.75) is 25.4 Å². The monoisotopic (exact) mass is 410 g/mol. The van der Waals surface area contributed by atoms with E-state index in [-0.39, 0.29) is 19.1 Å². The topological polar surface area (TPSA) is 75.7 Å². The number of imide groups is 1. The first-order chi connectivity index (χ1) is 14.5. The van der Waals surface area contributed by atoms with Crippen LogP contribution in [0.5, 0.6) is 0 Å². The van der Waals surface area contributed by atoms with E-state index >= 15 is 0 Å². The molecular formula is C23H23FN2O4. The minimum atomic E-state index is -1.52. The molecule has 30 heavy (non-hydrogen) atoms. The fourth-order valence-corrected chi connectivity index (χ4v) is 4.75. The van der Waals surface area contributed by atoms with Gasteiger partial charge in [0.1, 0.15) is 5.82 Å². The van der Waals surface area contributed by atoms with Crippen LogP contribution in [0.4, 0.5) is 4.39 Å². The van der Waals surface area contributed by atoms with Gasteiger partial charge in [0.2, 0.25) is 11.8 Å². The molecule has 0 radical (unpaired) electrons. The highest BCUT2D eigenvalue weighted by Gasteiger charge is 2.69. The van der Waals surface area contributed by atoms with Gasteiger partial charge in [-0.15, -0.1) is 0 Å². The van der Waals surface area contributed by atoms with Crippen LogP contribution in [0.15, 0.2) is 54.6 Å². The molecule has 156 valence electrons. The molecule has 0 aromatic heterocycles. The third kappa shape index (κ3) is 2.84. The number of nitrogens with zero attached hydrogens (tertiary/aromatic N) is 1. The second kappa shape index (κ2) is 7.65. The van der Waals surface area contributed by atoms with Crippen LogP contribution in [-0.2, 0) is 24.7 Å². The Bertz CT molecular complexity index is 978. The highest BCUT2D eigenvalue weighted by atomic mass is 19.1. The first-order valence-corrected chi connectivity index (χ1v) is 10.1. The number of carbonyl (C=O) groups excluding carboxylic acids is 3. The van der Waals surface area contributed by atoms with Crippen molar-refractivity contribution in [1.29, 1.82) is 0 Å². The lowest BCUT2D eigenvalue weighted by Crippen LogP contribution is -2.53. The minimum Gasteiger partial charge on any atom is -0.464 e. The van der Waals surface area contributed by atoms with E-state index in [1.54, 1.807) is 50.2 Å². The second-order valence-corrected chi connectivity index (χ2v) is 7.49. The van der Waals surface area contributed by atoms with Crippen molar-refractivity contribution >= 4 is 17.8 Å². The normalized spacial score (nSPS) is 28.0. The lowest BCUT2D eigenvalue weighted by atomic mass is 9.75. The maximum Gasteiger partial charge on any atom is 0.331 e. The van der Waals surface area contributed by atoms with Gasteiger partial charge in [-0.25, -0.2) is 9.18 Å². The van der Waals surface area contributed by atoms with Crippen molar-refractivity contribution in [3.8, 4) is 0 Å². The van der Waals surface area contributed by atoms with E-state index in [0.717, 1.165) is 0 Å². The van der Waals surface area contributed by atoms with Gasteiger partial charge >= 0.3 is 5.97 Å². The van der Waals surface area contributed by atoms with E-state index in [4.69, 9.17) is 4.74 Å². The molecule has 4 rings (SSSR count). The van der Waals surface area contributed by atoms with Crippen molar-refractivity contribution in [3.05, 3.63) is 71.5 Å². The highest BCUT2D eigenvalue weighted by molar-refractivity contribution is 6.09. The van der Waals surface area contributed by atoms with Crippen LogP contribution in [0.2, 0.25) is 0 Å². The molecule has 2 aromatic carbocycles. The van der Waals surface area contributed by atoms with Gasteiger partial charge in [0.25, 0.3) is 0 Å². The zero-order valence-electron chi connectivity index (χ0n) is 16.8. The summed E-state index contributed by atoms with van der Waals surface area (Å²) in [7, 11) is 0. The Labute approximate surface area is 174 Å². The lowest BCUT2D eigenvalue weighted by Gasteiger charge is -2.33. The summed E-state index contributed by atoms with van der Waals surface area (Å²) >= 11 is 0. The molecule has 2 aromatic rings. The van der Waals surface area contributed by atoms with E-state index in [2.05, 4.69) is 5.32 Å². The Morgan fingerprint density at radius 3 is 2.33 bits per heavy atom. The highest BCUT2D eigenvalue weighted by Crippen LogP contribution is 2.53. The number of likely N-dealkylation sites (tertiary alicyclic amines) is 1. The average Bonchev–Trinajstić information content (AvgIpc) is 3.24. The Balaban J connectivity index is 1.93. The van der Waals surface area contributed by atoms with Crippen LogP contribution in [0.25, 0.3) is 0 Å². The van der Waals surface area contributed by atoms with Gasteiger partial charge in [-0.2, -0.15) is 0 Å². The van der Waals surface area contributed by atoms with Gasteiger partial charge < -0.3 is 4.74 Å². The van der Waals surface area contributed by atoms with Crippen LogP contribution in [0.3, 0.4) is 0 Å². The first kappa shape index (κ1) is 20.2. The predicted octanol–water partition coefficient (Wildman–Crippen LogP) is 2.55. The van der Waals surface area contributed by atoms with Crippen LogP contribution in [0, 0.1) is 17.7 Å². The van der Waals surface area contributed by atoms with Crippen LogP contribution in [-0.4, -0.2) is 35.8 Å². The maximum atomic E-state index is 13.5. The number of carbonyl (C=O) groups is 3. The summed E-state index contributed by atoms with van der Waals surface area (Å²) in [6.07, 6.45) is 0. The fourth-order valence-electron chi connectivity index (χ4n) is 4.75. The number of ether oxygens (including phenoxy) is 1. The molecule has 6 nitrogen and oxygen atoms in total. The van der Waals surface area contributed by atoms with E-state index in [9.17, 15) is 18.8 Å². The second-order valence-electron chi connectivity index (χ2n) is 7.49. The Morgan fingerprint density at radius 2 is 1.73 bits per heavy atom. The predicted molar refractivity (Wildman–Crippen MR) is 106 cm³/mol. The number of hydrogen-bond donors (Lipinski definition) is 1. The van der Waals surface area contributed by atoms with E-state index in [0.29, 0.717) is 11.1 Å². The SMILES string of the molecule is CCOC(=O)[C@]1(c2ccccc2)N[C@H](c2ccc(F)cc2)[C@H]2C(=O)N(CC)C(=O)[C@@H]21. The molecule has 0 bridgehead atoms. The summed E-state index contributed by atoms with van der Waals surface area (Å²) in [4.78, 5) is 41.1. The quantitative estimate of drug-likeness (QED) is 0.606. The van der Waals surface area contributed by atoms with Crippen LogP contribution >= 0.6 is 0 Å². The van der Waals surface area contributed by atoms with E-state index in [1.165, 1.54) is 17.0 Å². The lowest BCUT2D eigenvalue weighted by molar-refractivity contribution is -0.157. The average molecular weight is 410 g/mol. The number of halogens is 1. The third-order valence-electron chi connectivity index (χ3n) is 6.02. The number of benzene rings is 2. The molecule has 1 N–H and O–H groups in total. The molecule has 0 unspecified atom stereocenters. The number of rotatable bonds is 5. The molecule has 2 aliphatic heterocycles. The van der Waals surface area contributed by atoms with Gasteiger partial charge in [0.15, 0.2) is 5.54 Å². The molecule has 2 saturated heterocycles. The number of nitrogens with one attached hydrogen (secondary N) is 1. The molecule has 0 saturated carbocycles. The molecule has 7 heteroatoms. The summed E-state index contributed by atoms with van der Waals surface area (Å²) in [6.45, 7) is 3.77. The van der Waals surface area contributed by atoms with Crippen LogP contribution < -0.4 is 5.32 Å². The van der Waals surface area contributed by atoms with Gasteiger partial charge in [0, 0.05) is 12.6 Å². The van der Waals surface area contributed by atoms with Crippen molar-refractivity contribution in [1.82, 2.24) is 10.2 Å². The number of fused-ring (bicyclic) bond motifs is 1. The maximum absolute atomic E-state index is 13.5. The van der Waals surface area contributed by atoms with Crippen molar-refractivity contribution in [3.63, 3.8) is 0 Å². The number of amides is 2. The van der Waals surface area contributed by atoms with Gasteiger partial charge in [0.05, 0.1) is 18.4 Å². The Morgan fingerprint density at radius 1 is 1.07 bits per heavy atom. The van der Waals surface area contributed by atoms with Crippen molar-refractivity contribution in [2.24, 2.45) is 11.8 Å². The molecule has 0 aliphatic carbocycles. The van der Waals surface area contributed by atoms with Gasteiger partial charge in [-0.05, 0) is 37.1 Å². The molecule has 2 aliphatic rings. The summed E-state index contributed by atoms with van der Waals surface area (Å²) in [5.41, 5.74) is -0.327. The summed E-state index contributed by atoms with van der Waals surface area (Å²) < 4.78 is 18.9. The zero-order valence-corrected chi connectivity index (χ0v) is 16.8. The van der Waals surface area contributed by atoms with Gasteiger partial charge in [-0.1, -0.05) is 42.5 Å². The molecule has 2 amide bonds. The van der Waals surface area contributed by atoms with Crippen molar-refractivity contribution in [2.75, 3.05) is 13.2 Å². The largest absolute Gasteiger partial charge is 0.464 e. The van der Waals surface area contributed by atoms with Gasteiger partial charge in [-0.3, -0.25) is 19.8 Å². The van der Waals surface area contributed by atoms with E-state index in [1.807, 2.05) is 6.07 Å². The smallest absolute Gasteiger partial charge is 0.331 e. The third-order valence-corrected chi connectivity index (χ3v) is 6.02. The number of esters is 1. The summed E-state index contributed by atoms with van der Waals surface area (Å²) in [6, 6.07) is 14.0. The first-order valence-electron chi connectivity index (χ1n) is 10.1. The summed E-state index contributed by atoms with van der Waals surface area (Å²) in [5, 5.41) is 3.28. The Kier molecular flexibility index (Phi) is 5.15. The van der Waals surface area contributed by atoms with E-state index < -0.39 is 41.1 Å². The molecule has 4 atom stereocenters. The summed E-state index contributed by atoms with van der Waals surface area (Å²) in [5.74, 6) is -3.50. The molecule has 2 heterocycles. The number of hydrogen-bond acceptors (Lipinski definition) is 5. The molecule has 0 spiro atoms.